The molecule has 2 rings (SSSR count). The molecule has 2 heterocycles. The van der Waals surface area contributed by atoms with Crippen LogP contribution >= 0.6 is 0 Å². The minimum atomic E-state index is 0.341. The Kier molecular flexibility index (Phi) is 5.79. The Bertz CT molecular complexity index is 442. The first-order valence-electron chi connectivity index (χ1n) is 8.00. The Hall–Kier alpha value is -1.36. The van der Waals surface area contributed by atoms with Crippen molar-refractivity contribution in [1.82, 2.24) is 9.97 Å². The average molecular weight is 292 g/mol. The van der Waals surface area contributed by atoms with E-state index in [1.807, 2.05) is 0 Å². The molecule has 0 amide bonds. The van der Waals surface area contributed by atoms with E-state index in [4.69, 9.17) is 9.72 Å². The van der Waals surface area contributed by atoms with Gasteiger partial charge in [-0.05, 0) is 25.7 Å². The first-order chi connectivity index (χ1) is 10.1. The summed E-state index contributed by atoms with van der Waals surface area (Å²) in [7, 11) is 1.79. The average Bonchev–Trinajstić information content (AvgIpc) is 2.48. The highest BCUT2D eigenvalue weighted by atomic mass is 16.5. The van der Waals surface area contributed by atoms with Gasteiger partial charge in [0, 0.05) is 45.3 Å². The molecular weight excluding hydrogens is 264 g/mol. The molecular formula is C16H28N4O. The van der Waals surface area contributed by atoms with E-state index >= 15 is 0 Å². The number of rotatable bonds is 6. The Morgan fingerprint density at radius 3 is 2.62 bits per heavy atom. The number of hydrogen-bond acceptors (Lipinski definition) is 5. The van der Waals surface area contributed by atoms with Crippen LogP contribution in [0.15, 0.2) is 6.07 Å². The highest BCUT2D eigenvalue weighted by Gasteiger charge is 2.21. The number of ether oxygens (including phenoxy) is 1. The number of piperidine rings is 1. The number of nitrogens with one attached hydrogen (secondary N) is 1. The highest BCUT2D eigenvalue weighted by molar-refractivity contribution is 5.50. The highest BCUT2D eigenvalue weighted by Crippen LogP contribution is 2.25. The summed E-state index contributed by atoms with van der Waals surface area (Å²) in [6.45, 7) is 10.2. The van der Waals surface area contributed by atoms with Gasteiger partial charge in [0.05, 0.1) is 0 Å². The summed E-state index contributed by atoms with van der Waals surface area (Å²) >= 11 is 0. The van der Waals surface area contributed by atoms with E-state index in [0.717, 1.165) is 43.7 Å². The van der Waals surface area contributed by atoms with Crippen LogP contribution in [-0.2, 0) is 4.74 Å². The van der Waals surface area contributed by atoms with Gasteiger partial charge in [0.25, 0.3) is 0 Å². The molecule has 0 spiro atoms. The van der Waals surface area contributed by atoms with E-state index < -0.39 is 0 Å². The molecule has 1 aliphatic heterocycles. The lowest BCUT2D eigenvalue weighted by atomic mass is 9.98. The fraction of sp³-hybridized carbons (Fsp3) is 0.750. The van der Waals surface area contributed by atoms with Gasteiger partial charge in [-0.25, -0.2) is 9.97 Å². The van der Waals surface area contributed by atoms with E-state index in [-0.39, 0.29) is 0 Å². The molecule has 0 saturated carbocycles. The normalized spacial score (nSPS) is 16.5. The molecule has 0 aromatic carbocycles. The lowest BCUT2D eigenvalue weighted by Gasteiger charge is -2.33. The van der Waals surface area contributed by atoms with Crippen molar-refractivity contribution in [2.75, 3.05) is 43.6 Å². The third kappa shape index (κ3) is 4.30. The van der Waals surface area contributed by atoms with E-state index in [9.17, 15) is 0 Å². The van der Waals surface area contributed by atoms with Gasteiger partial charge in [-0.15, -0.1) is 0 Å². The monoisotopic (exact) mass is 292 g/mol. The predicted molar refractivity (Wildman–Crippen MR) is 87.1 cm³/mol. The van der Waals surface area contributed by atoms with Crippen LogP contribution in [0.2, 0.25) is 0 Å². The van der Waals surface area contributed by atoms with Crippen LogP contribution in [-0.4, -0.2) is 43.3 Å². The van der Waals surface area contributed by atoms with Crippen LogP contribution in [0.4, 0.5) is 11.6 Å². The Morgan fingerprint density at radius 1 is 1.33 bits per heavy atom. The summed E-state index contributed by atoms with van der Waals surface area (Å²) in [5.74, 6) is 3.94. The second kappa shape index (κ2) is 7.59. The number of aromatic nitrogens is 2. The molecule has 1 fully saturated rings. The van der Waals surface area contributed by atoms with E-state index in [0.29, 0.717) is 11.8 Å². The molecule has 0 bridgehead atoms. The summed E-state index contributed by atoms with van der Waals surface area (Å²) in [6, 6.07) is 2.08. The fourth-order valence-electron chi connectivity index (χ4n) is 2.71. The van der Waals surface area contributed by atoms with Crippen molar-refractivity contribution in [2.45, 2.75) is 39.5 Å². The van der Waals surface area contributed by atoms with Gasteiger partial charge < -0.3 is 15.0 Å². The number of methoxy groups -OCH3 is 1. The van der Waals surface area contributed by atoms with Crippen molar-refractivity contribution in [2.24, 2.45) is 5.92 Å². The van der Waals surface area contributed by atoms with Gasteiger partial charge in [0.2, 0.25) is 0 Å². The molecule has 1 N–H and O–H groups in total. The van der Waals surface area contributed by atoms with Gasteiger partial charge in [0.15, 0.2) is 0 Å². The number of nitrogens with zero attached hydrogens (tertiary/aromatic N) is 3. The minimum Gasteiger partial charge on any atom is -0.384 e. The molecule has 1 aliphatic rings. The van der Waals surface area contributed by atoms with Crippen LogP contribution in [0.3, 0.4) is 0 Å². The van der Waals surface area contributed by atoms with Crippen LogP contribution in [0.25, 0.3) is 0 Å². The molecule has 118 valence electrons. The van der Waals surface area contributed by atoms with Crippen molar-refractivity contribution < 1.29 is 4.74 Å². The quantitative estimate of drug-likeness (QED) is 0.873. The van der Waals surface area contributed by atoms with Crippen LogP contribution in [0.5, 0.6) is 0 Å². The summed E-state index contributed by atoms with van der Waals surface area (Å²) in [4.78, 5) is 11.7. The zero-order valence-corrected chi connectivity index (χ0v) is 13.7. The SMILES string of the molecule is CCNc1cc(N2CCC(COC)CC2)nc(C(C)C)n1. The second-order valence-corrected chi connectivity index (χ2v) is 6.04. The Morgan fingerprint density at radius 2 is 2.05 bits per heavy atom. The first kappa shape index (κ1) is 16.0. The van der Waals surface area contributed by atoms with Crippen molar-refractivity contribution in [3.63, 3.8) is 0 Å². The van der Waals surface area contributed by atoms with Gasteiger partial charge in [0.1, 0.15) is 17.5 Å². The van der Waals surface area contributed by atoms with Gasteiger partial charge in [-0.3, -0.25) is 0 Å². The second-order valence-electron chi connectivity index (χ2n) is 6.04. The van der Waals surface area contributed by atoms with Gasteiger partial charge >= 0.3 is 0 Å². The molecule has 5 heteroatoms. The fourth-order valence-corrected chi connectivity index (χ4v) is 2.71. The minimum absolute atomic E-state index is 0.341. The standard InChI is InChI=1S/C16H28N4O/c1-5-17-14-10-15(19-16(18-14)12(2)3)20-8-6-13(7-9-20)11-21-4/h10,12-13H,5-9,11H2,1-4H3,(H,17,18,19). The van der Waals surface area contributed by atoms with Crippen LogP contribution in [0.1, 0.15) is 45.4 Å². The van der Waals surface area contributed by atoms with Crippen molar-refractivity contribution in [1.29, 1.82) is 0 Å². The van der Waals surface area contributed by atoms with E-state index in [1.165, 1.54) is 12.8 Å². The van der Waals surface area contributed by atoms with Gasteiger partial charge in [-0.2, -0.15) is 0 Å². The maximum absolute atomic E-state index is 5.27. The molecule has 5 nitrogen and oxygen atoms in total. The van der Waals surface area contributed by atoms with Crippen molar-refractivity contribution in [3.05, 3.63) is 11.9 Å². The summed E-state index contributed by atoms with van der Waals surface area (Å²) < 4.78 is 5.27. The summed E-state index contributed by atoms with van der Waals surface area (Å²) in [5.41, 5.74) is 0. The van der Waals surface area contributed by atoms with Crippen molar-refractivity contribution >= 4 is 11.6 Å². The lowest BCUT2D eigenvalue weighted by Crippen LogP contribution is -2.35. The van der Waals surface area contributed by atoms with Crippen LogP contribution in [0, 0.1) is 5.92 Å². The topological polar surface area (TPSA) is 50.3 Å². The number of anilines is 2. The van der Waals surface area contributed by atoms with Crippen molar-refractivity contribution in [3.8, 4) is 0 Å². The third-order valence-corrected chi connectivity index (χ3v) is 3.95. The molecule has 21 heavy (non-hydrogen) atoms. The van der Waals surface area contributed by atoms with Gasteiger partial charge in [-0.1, -0.05) is 13.8 Å². The summed E-state index contributed by atoms with van der Waals surface area (Å²) in [6.07, 6.45) is 2.34. The molecule has 1 saturated heterocycles. The zero-order valence-electron chi connectivity index (χ0n) is 13.7. The molecule has 1 aromatic rings. The maximum Gasteiger partial charge on any atom is 0.135 e. The summed E-state index contributed by atoms with van der Waals surface area (Å²) in [5, 5.41) is 3.31. The van der Waals surface area contributed by atoms with E-state index in [1.54, 1.807) is 7.11 Å². The van der Waals surface area contributed by atoms with E-state index in [2.05, 4.69) is 42.0 Å². The molecule has 0 atom stereocenters. The molecule has 0 radical (unpaired) electrons. The van der Waals surface area contributed by atoms with Crippen LogP contribution < -0.4 is 10.2 Å². The largest absolute Gasteiger partial charge is 0.384 e. The first-order valence-corrected chi connectivity index (χ1v) is 8.00. The lowest BCUT2D eigenvalue weighted by molar-refractivity contribution is 0.139. The third-order valence-electron chi connectivity index (χ3n) is 3.95. The zero-order chi connectivity index (χ0) is 15.2. The Balaban J connectivity index is 2.11. The Labute approximate surface area is 128 Å². The smallest absolute Gasteiger partial charge is 0.135 e. The number of hydrogen-bond donors (Lipinski definition) is 1. The predicted octanol–water partition coefficient (Wildman–Crippen LogP) is 2.89. The molecule has 0 unspecified atom stereocenters. The molecule has 1 aromatic heterocycles. The molecule has 0 aliphatic carbocycles. The maximum atomic E-state index is 5.27.